The number of nitrogen functional groups attached to an aromatic ring is 1. The summed E-state index contributed by atoms with van der Waals surface area (Å²) in [4.78, 5) is 13.6. The van der Waals surface area contributed by atoms with Crippen LogP contribution in [0.4, 0.5) is 5.95 Å². The fourth-order valence-corrected chi connectivity index (χ4v) is 3.17. The molecule has 0 spiro atoms. The van der Waals surface area contributed by atoms with E-state index in [1.54, 1.807) is 13.3 Å². The summed E-state index contributed by atoms with van der Waals surface area (Å²) in [5.41, 5.74) is 11.5. The average Bonchev–Trinajstić information content (AvgIpc) is 2.76. The van der Waals surface area contributed by atoms with Crippen LogP contribution in [-0.2, 0) is 6.42 Å². The van der Waals surface area contributed by atoms with Crippen molar-refractivity contribution in [2.24, 2.45) is 0 Å². The number of benzene rings is 2. The molecule has 0 unspecified atom stereocenters. The van der Waals surface area contributed by atoms with E-state index in [9.17, 15) is 0 Å². The fourth-order valence-electron chi connectivity index (χ4n) is 3.17. The highest BCUT2D eigenvalue weighted by atomic mass is 16.5. The molecule has 0 saturated carbocycles. The van der Waals surface area contributed by atoms with Gasteiger partial charge in [-0.1, -0.05) is 36.4 Å². The Morgan fingerprint density at radius 1 is 0.821 bits per heavy atom. The number of methoxy groups -OCH3 is 1. The van der Waals surface area contributed by atoms with Crippen LogP contribution < -0.4 is 10.5 Å². The molecule has 4 rings (SSSR count). The van der Waals surface area contributed by atoms with Gasteiger partial charge in [0.05, 0.1) is 24.2 Å². The van der Waals surface area contributed by atoms with E-state index < -0.39 is 0 Å². The molecule has 2 aromatic heterocycles. The van der Waals surface area contributed by atoms with Crippen molar-refractivity contribution in [1.82, 2.24) is 15.0 Å². The van der Waals surface area contributed by atoms with Crippen molar-refractivity contribution in [3.63, 3.8) is 0 Å². The Morgan fingerprint density at radius 3 is 2.21 bits per heavy atom. The van der Waals surface area contributed by atoms with Gasteiger partial charge in [0.2, 0.25) is 5.95 Å². The van der Waals surface area contributed by atoms with Crippen molar-refractivity contribution in [2.75, 3.05) is 12.8 Å². The van der Waals surface area contributed by atoms with Gasteiger partial charge in [0.15, 0.2) is 0 Å². The molecule has 0 atom stereocenters. The van der Waals surface area contributed by atoms with E-state index in [-0.39, 0.29) is 5.95 Å². The van der Waals surface area contributed by atoms with E-state index >= 15 is 0 Å². The van der Waals surface area contributed by atoms with Crippen molar-refractivity contribution in [1.29, 1.82) is 0 Å². The molecule has 0 aliphatic heterocycles. The van der Waals surface area contributed by atoms with Crippen LogP contribution in [0.3, 0.4) is 0 Å². The van der Waals surface area contributed by atoms with Crippen molar-refractivity contribution in [3.8, 4) is 28.4 Å². The molecule has 0 radical (unpaired) electrons. The number of nitrogens with zero attached hydrogens (tertiary/aromatic N) is 3. The molecule has 2 aromatic carbocycles. The maximum atomic E-state index is 6.08. The van der Waals surface area contributed by atoms with Gasteiger partial charge >= 0.3 is 0 Å². The van der Waals surface area contributed by atoms with E-state index in [0.29, 0.717) is 6.42 Å². The van der Waals surface area contributed by atoms with Crippen LogP contribution in [-0.4, -0.2) is 22.1 Å². The zero-order valence-corrected chi connectivity index (χ0v) is 15.5. The lowest BCUT2D eigenvalue weighted by Crippen LogP contribution is -2.06. The number of ether oxygens (including phenoxy) is 1. The second-order valence-electron chi connectivity index (χ2n) is 6.36. The normalized spacial score (nSPS) is 10.6. The first-order valence-corrected chi connectivity index (χ1v) is 9.01. The Bertz CT molecular complexity index is 1070. The minimum absolute atomic E-state index is 0.225. The zero-order chi connectivity index (χ0) is 19.3. The van der Waals surface area contributed by atoms with Crippen LogP contribution in [0.15, 0.2) is 79.0 Å². The Balaban J connectivity index is 1.91. The second kappa shape index (κ2) is 7.88. The average molecular weight is 368 g/mol. The third kappa shape index (κ3) is 3.69. The maximum absolute atomic E-state index is 6.08. The summed E-state index contributed by atoms with van der Waals surface area (Å²) >= 11 is 0. The molecule has 5 nitrogen and oxygen atoms in total. The molecular weight excluding hydrogens is 348 g/mol. The molecule has 2 heterocycles. The standard InChI is InChI=1S/C23H20N4O/c1-28-18-12-10-17(11-13-18)21-19(15-16-7-3-2-4-8-16)22(27-23(24)26-21)20-9-5-6-14-25-20/h2-14H,15H2,1H3,(H2,24,26,27). The molecule has 0 fully saturated rings. The number of rotatable bonds is 5. The van der Waals surface area contributed by atoms with Crippen LogP contribution in [0, 0.1) is 0 Å². The van der Waals surface area contributed by atoms with Gasteiger partial charge in [-0.25, -0.2) is 9.97 Å². The molecule has 0 aliphatic carbocycles. The summed E-state index contributed by atoms with van der Waals surface area (Å²) in [6.07, 6.45) is 2.43. The molecule has 5 heteroatoms. The van der Waals surface area contributed by atoms with E-state index in [0.717, 1.165) is 34.0 Å². The highest BCUT2D eigenvalue weighted by Crippen LogP contribution is 2.32. The molecule has 28 heavy (non-hydrogen) atoms. The number of hydrogen-bond donors (Lipinski definition) is 1. The zero-order valence-electron chi connectivity index (χ0n) is 15.5. The molecule has 0 aliphatic rings. The molecule has 2 N–H and O–H groups in total. The number of pyridine rings is 1. The lowest BCUT2D eigenvalue weighted by atomic mass is 9.96. The fraction of sp³-hybridized carbons (Fsp3) is 0.0870. The topological polar surface area (TPSA) is 73.9 Å². The quantitative estimate of drug-likeness (QED) is 0.566. The number of nitrogens with two attached hydrogens (primary N) is 1. The van der Waals surface area contributed by atoms with Crippen LogP contribution in [0.25, 0.3) is 22.6 Å². The van der Waals surface area contributed by atoms with Crippen LogP contribution >= 0.6 is 0 Å². The van der Waals surface area contributed by atoms with Crippen molar-refractivity contribution < 1.29 is 4.74 Å². The van der Waals surface area contributed by atoms with Crippen molar-refractivity contribution in [2.45, 2.75) is 6.42 Å². The van der Waals surface area contributed by atoms with Gasteiger partial charge < -0.3 is 10.5 Å². The predicted octanol–water partition coefficient (Wildman–Crippen LogP) is 4.39. The Hall–Kier alpha value is -3.73. The van der Waals surface area contributed by atoms with Gasteiger partial charge in [0, 0.05) is 23.7 Å². The second-order valence-corrected chi connectivity index (χ2v) is 6.36. The highest BCUT2D eigenvalue weighted by molar-refractivity contribution is 5.74. The number of anilines is 1. The van der Waals surface area contributed by atoms with E-state index in [1.807, 2.05) is 60.7 Å². The summed E-state index contributed by atoms with van der Waals surface area (Å²) in [5, 5.41) is 0. The monoisotopic (exact) mass is 368 g/mol. The Morgan fingerprint density at radius 2 is 1.54 bits per heavy atom. The Labute approximate surface area is 163 Å². The predicted molar refractivity (Wildman–Crippen MR) is 111 cm³/mol. The minimum atomic E-state index is 0.225. The van der Waals surface area contributed by atoms with Gasteiger partial charge in [0.1, 0.15) is 5.75 Å². The van der Waals surface area contributed by atoms with Crippen LogP contribution in [0.5, 0.6) is 5.75 Å². The first kappa shape index (κ1) is 17.7. The summed E-state index contributed by atoms with van der Waals surface area (Å²) in [6, 6.07) is 23.8. The molecule has 4 aromatic rings. The first-order chi connectivity index (χ1) is 13.7. The van der Waals surface area contributed by atoms with Gasteiger partial charge in [0.25, 0.3) is 0 Å². The highest BCUT2D eigenvalue weighted by Gasteiger charge is 2.18. The largest absolute Gasteiger partial charge is 0.497 e. The van der Waals surface area contributed by atoms with Crippen molar-refractivity contribution >= 4 is 5.95 Å². The SMILES string of the molecule is COc1ccc(-c2nc(N)nc(-c3ccccn3)c2Cc2ccccc2)cc1. The molecule has 138 valence electrons. The summed E-state index contributed by atoms with van der Waals surface area (Å²) in [6.45, 7) is 0. The van der Waals surface area contributed by atoms with Crippen LogP contribution in [0.2, 0.25) is 0 Å². The molecule has 0 amide bonds. The maximum Gasteiger partial charge on any atom is 0.221 e. The van der Waals surface area contributed by atoms with Crippen LogP contribution in [0.1, 0.15) is 11.1 Å². The number of aromatic nitrogens is 3. The van der Waals surface area contributed by atoms with Gasteiger partial charge in [-0.2, -0.15) is 0 Å². The van der Waals surface area contributed by atoms with Crippen molar-refractivity contribution in [3.05, 3.63) is 90.1 Å². The molecule has 0 bridgehead atoms. The summed E-state index contributed by atoms with van der Waals surface area (Å²) in [7, 11) is 1.65. The lowest BCUT2D eigenvalue weighted by molar-refractivity contribution is 0.415. The lowest BCUT2D eigenvalue weighted by Gasteiger charge is -2.15. The van der Waals surface area contributed by atoms with E-state index in [4.69, 9.17) is 10.5 Å². The smallest absolute Gasteiger partial charge is 0.221 e. The summed E-state index contributed by atoms with van der Waals surface area (Å²) < 4.78 is 5.28. The number of hydrogen-bond acceptors (Lipinski definition) is 5. The van der Waals surface area contributed by atoms with Gasteiger partial charge in [-0.15, -0.1) is 0 Å². The Kier molecular flexibility index (Phi) is 4.97. The third-order valence-corrected chi connectivity index (χ3v) is 4.52. The minimum Gasteiger partial charge on any atom is -0.497 e. The molecule has 0 saturated heterocycles. The van der Waals surface area contributed by atoms with E-state index in [2.05, 4.69) is 27.1 Å². The summed E-state index contributed by atoms with van der Waals surface area (Å²) in [5.74, 6) is 1.02. The van der Waals surface area contributed by atoms with Gasteiger partial charge in [-0.3, -0.25) is 4.98 Å². The third-order valence-electron chi connectivity index (χ3n) is 4.52. The van der Waals surface area contributed by atoms with Gasteiger partial charge in [-0.05, 0) is 42.0 Å². The molecular formula is C23H20N4O. The first-order valence-electron chi connectivity index (χ1n) is 9.01. The van der Waals surface area contributed by atoms with E-state index in [1.165, 1.54) is 5.56 Å².